The molecule has 1 aliphatic rings. The number of nitrogens with zero attached hydrogens (tertiary/aromatic N) is 1. The zero-order valence-corrected chi connectivity index (χ0v) is 16.9. The average Bonchev–Trinajstić information content (AvgIpc) is 3.00. The van der Waals surface area contributed by atoms with Crippen molar-refractivity contribution in [1.82, 2.24) is 4.90 Å². The van der Waals surface area contributed by atoms with Crippen LogP contribution in [-0.2, 0) is 18.6 Å². The fraction of sp³-hybridized carbons (Fsp3) is 0.353. The Balaban J connectivity index is -0.000000156. The first-order chi connectivity index (χ1) is 8.79. The average molecular weight is 399 g/mol. The Hall–Kier alpha value is -0.0156. The molecule has 0 atom stereocenters. The molecule has 0 amide bonds. The van der Waals surface area contributed by atoms with Gasteiger partial charge in [0.25, 0.3) is 0 Å². The molecule has 2 rings (SSSR count). The Morgan fingerprint density at radius 1 is 1.05 bits per heavy atom. The summed E-state index contributed by atoms with van der Waals surface area (Å²) in [4.78, 5) is 2.37. The van der Waals surface area contributed by atoms with Crippen LogP contribution >= 0.6 is 0 Å². The van der Waals surface area contributed by atoms with Gasteiger partial charge in [-0.05, 0) is 13.1 Å². The van der Waals surface area contributed by atoms with Crippen LogP contribution < -0.4 is 37.2 Å². The topological polar surface area (TPSA) is 3.24 Å². The summed E-state index contributed by atoms with van der Waals surface area (Å²) in [7, 11) is 0. The Kier molecular flexibility index (Phi) is 25.9. The molecule has 22 heavy (non-hydrogen) atoms. The Labute approximate surface area is 166 Å². The second-order valence-electron chi connectivity index (χ2n) is 4.13. The second kappa shape index (κ2) is 19.0. The largest absolute Gasteiger partial charge is 1.00 e. The van der Waals surface area contributed by atoms with Crippen molar-refractivity contribution in [3.63, 3.8) is 0 Å². The van der Waals surface area contributed by atoms with Crippen molar-refractivity contribution in [1.29, 1.82) is 0 Å². The number of rotatable bonds is 4. The van der Waals surface area contributed by atoms with Gasteiger partial charge >= 0.3 is 0 Å². The molecule has 127 valence electrons. The molecular formula is C17H23Cl3NV-5. The molecule has 0 aromatic heterocycles. The molecular weight excluding hydrogens is 375 g/mol. The summed E-state index contributed by atoms with van der Waals surface area (Å²) in [5.41, 5.74) is 1.33. The van der Waals surface area contributed by atoms with Gasteiger partial charge in [0.05, 0.1) is 0 Å². The zero-order chi connectivity index (χ0) is 13.2. The van der Waals surface area contributed by atoms with Crippen molar-refractivity contribution in [3.8, 4) is 0 Å². The fourth-order valence-corrected chi connectivity index (χ4v) is 1.90. The summed E-state index contributed by atoms with van der Waals surface area (Å²) < 4.78 is 0. The summed E-state index contributed by atoms with van der Waals surface area (Å²) in [6.45, 7) is 8.72. The molecule has 1 aromatic rings. The Morgan fingerprint density at radius 3 is 1.91 bits per heavy atom. The van der Waals surface area contributed by atoms with Gasteiger partial charge in [-0.3, -0.25) is 6.08 Å². The second-order valence-corrected chi connectivity index (χ2v) is 4.13. The summed E-state index contributed by atoms with van der Waals surface area (Å²) in [6, 6.07) is 11.9. The molecule has 1 radical (unpaired) electrons. The van der Waals surface area contributed by atoms with Gasteiger partial charge < -0.3 is 42.1 Å². The van der Waals surface area contributed by atoms with E-state index < -0.39 is 0 Å². The van der Waals surface area contributed by atoms with Crippen LogP contribution in [0.1, 0.15) is 32.8 Å². The normalized spacial score (nSPS) is 10.2. The number of halogens is 3. The maximum absolute atomic E-state index is 2.99. The van der Waals surface area contributed by atoms with E-state index in [0.29, 0.717) is 0 Å². The quantitative estimate of drug-likeness (QED) is 0.461. The van der Waals surface area contributed by atoms with Crippen molar-refractivity contribution in [2.75, 3.05) is 13.1 Å². The van der Waals surface area contributed by atoms with E-state index in [1.54, 1.807) is 0 Å². The predicted octanol–water partition coefficient (Wildman–Crippen LogP) is -4.76. The minimum Gasteiger partial charge on any atom is -1.00 e. The fourth-order valence-electron chi connectivity index (χ4n) is 1.90. The number of hydrogen-bond acceptors (Lipinski definition) is 1. The number of allylic oxidation sites excluding steroid dienone is 4. The summed E-state index contributed by atoms with van der Waals surface area (Å²) in [6.07, 6.45) is 10.0. The Bertz CT molecular complexity index is 369. The monoisotopic (exact) mass is 397 g/mol. The van der Waals surface area contributed by atoms with Gasteiger partial charge in [0, 0.05) is 18.6 Å². The molecule has 0 heterocycles. The van der Waals surface area contributed by atoms with E-state index in [1.807, 2.05) is 12.2 Å². The minimum atomic E-state index is 0. The molecule has 0 bridgehead atoms. The van der Waals surface area contributed by atoms with Gasteiger partial charge in [0.1, 0.15) is 0 Å². The van der Waals surface area contributed by atoms with Gasteiger partial charge in [-0.1, -0.05) is 26.8 Å². The van der Waals surface area contributed by atoms with E-state index >= 15 is 0 Å². The molecule has 5 heteroatoms. The molecule has 0 saturated heterocycles. The van der Waals surface area contributed by atoms with E-state index in [2.05, 4.69) is 68.2 Å². The molecule has 0 fully saturated rings. The number of hydrogen-bond donors (Lipinski definition) is 0. The van der Waals surface area contributed by atoms with E-state index in [9.17, 15) is 0 Å². The van der Waals surface area contributed by atoms with Crippen molar-refractivity contribution in [2.45, 2.75) is 27.2 Å². The van der Waals surface area contributed by atoms with E-state index in [4.69, 9.17) is 0 Å². The van der Waals surface area contributed by atoms with Gasteiger partial charge in [0.15, 0.2) is 0 Å². The number of benzene rings is 1. The zero-order valence-electron chi connectivity index (χ0n) is 13.3. The van der Waals surface area contributed by atoms with Crippen LogP contribution in [0, 0.1) is 12.1 Å². The van der Waals surface area contributed by atoms with Gasteiger partial charge in [-0.15, -0.1) is 24.6 Å². The van der Waals surface area contributed by atoms with Gasteiger partial charge in [0.2, 0.25) is 0 Å². The van der Waals surface area contributed by atoms with E-state index in [1.165, 1.54) is 11.6 Å². The maximum Gasteiger partial charge on any atom is 0 e. The molecule has 0 saturated carbocycles. The third-order valence-corrected chi connectivity index (χ3v) is 3.02. The summed E-state index contributed by atoms with van der Waals surface area (Å²) in [5.74, 6) is 0. The van der Waals surface area contributed by atoms with Crippen molar-refractivity contribution < 1.29 is 55.8 Å². The summed E-state index contributed by atoms with van der Waals surface area (Å²) >= 11 is 0. The van der Waals surface area contributed by atoms with Crippen molar-refractivity contribution in [2.24, 2.45) is 0 Å². The first kappa shape index (κ1) is 29.9. The van der Waals surface area contributed by atoms with Gasteiger partial charge in [-0.2, -0.15) is 23.8 Å². The first-order valence-electron chi connectivity index (χ1n) is 6.65. The molecule has 0 aliphatic heterocycles. The molecule has 1 aliphatic carbocycles. The van der Waals surface area contributed by atoms with Crippen LogP contribution in [0.3, 0.4) is 0 Å². The molecule has 1 nitrogen and oxygen atoms in total. The molecule has 0 N–H and O–H groups in total. The standard InChI is InChI=1S/C12H18N.C5H5.3ClH.V/c1-4-13(5-2)11(3)12-9-7-6-8-10-12;1-2-4-5-3-1;;;;/h6-10H,4-5H2,1-3H3;1-3H,4H2;3*1H;/q2*-1;;;;/p-3. The molecule has 0 spiro atoms. The van der Waals surface area contributed by atoms with Crippen LogP contribution in [0.5, 0.6) is 0 Å². The van der Waals surface area contributed by atoms with Crippen LogP contribution in [-0.4, -0.2) is 18.0 Å². The van der Waals surface area contributed by atoms with E-state index in [-0.39, 0.29) is 55.8 Å². The van der Waals surface area contributed by atoms with Crippen LogP contribution in [0.25, 0.3) is 0 Å². The Morgan fingerprint density at radius 2 is 1.59 bits per heavy atom. The summed E-state index contributed by atoms with van der Waals surface area (Å²) in [5, 5.41) is 0. The first-order valence-corrected chi connectivity index (χ1v) is 6.65. The van der Waals surface area contributed by atoms with Crippen molar-refractivity contribution in [3.05, 3.63) is 66.2 Å². The third kappa shape index (κ3) is 11.5. The van der Waals surface area contributed by atoms with Crippen LogP contribution in [0.2, 0.25) is 0 Å². The van der Waals surface area contributed by atoms with E-state index in [0.717, 1.165) is 19.5 Å². The predicted molar refractivity (Wildman–Crippen MR) is 79.0 cm³/mol. The third-order valence-electron chi connectivity index (χ3n) is 3.02. The van der Waals surface area contributed by atoms with Crippen molar-refractivity contribution >= 4 is 0 Å². The van der Waals surface area contributed by atoms with Crippen LogP contribution in [0.15, 0.2) is 48.6 Å². The smallest absolute Gasteiger partial charge is 0 e. The molecule has 1 aromatic carbocycles. The SMILES string of the molecule is CCN(CC)[C-](C)c1ccccc1.[C-]1=CC=CC1.[Cl-].[Cl-].[Cl-].[V]. The molecule has 0 unspecified atom stereocenters. The minimum absolute atomic E-state index is 0. The maximum atomic E-state index is 2.99. The van der Waals surface area contributed by atoms with Crippen LogP contribution in [0.4, 0.5) is 0 Å². The van der Waals surface area contributed by atoms with Gasteiger partial charge in [-0.25, -0.2) is 12.2 Å².